The molecule has 0 rings (SSSR count). The zero-order chi connectivity index (χ0) is 6.83. The Labute approximate surface area is 74.5 Å². The van der Waals surface area contributed by atoms with Gasteiger partial charge in [-0.25, -0.2) is 0 Å². The van der Waals surface area contributed by atoms with Crippen molar-refractivity contribution in [2.45, 2.75) is 12.8 Å². The molecule has 5 heteroatoms. The Morgan fingerprint density at radius 2 is 1.90 bits per heavy atom. The van der Waals surface area contributed by atoms with Gasteiger partial charge in [0.1, 0.15) is 0 Å². The SMILES string of the molecule is O=[C-]O.[CH2-]CCCN.[NH2-].[Zn]. The molecular formula is C5H13N2O2Zn-3. The van der Waals surface area contributed by atoms with E-state index in [9.17, 15) is 0 Å². The third kappa shape index (κ3) is 97.2. The van der Waals surface area contributed by atoms with E-state index in [2.05, 4.69) is 6.92 Å². The van der Waals surface area contributed by atoms with E-state index in [0.717, 1.165) is 19.4 Å². The van der Waals surface area contributed by atoms with Crippen molar-refractivity contribution >= 4 is 6.47 Å². The fraction of sp³-hybridized carbons (Fsp3) is 0.600. The molecule has 0 spiro atoms. The average Bonchev–Trinajstić information content (AvgIpc) is 1.71. The van der Waals surface area contributed by atoms with Gasteiger partial charge in [0, 0.05) is 19.5 Å². The zero-order valence-electron chi connectivity index (χ0n) is 6.05. The van der Waals surface area contributed by atoms with Crippen LogP contribution in [-0.4, -0.2) is 18.1 Å². The Kier molecular flexibility index (Phi) is 80.8. The molecule has 0 aromatic heterocycles. The summed E-state index contributed by atoms with van der Waals surface area (Å²) in [6.45, 7) is 4.88. The Hall–Kier alpha value is 0.0134. The first-order chi connectivity index (χ1) is 3.83. The van der Waals surface area contributed by atoms with Crippen LogP contribution in [0.25, 0.3) is 6.15 Å². The zero-order valence-corrected chi connectivity index (χ0v) is 9.01. The molecule has 4 nitrogen and oxygen atoms in total. The molecule has 10 heavy (non-hydrogen) atoms. The van der Waals surface area contributed by atoms with Crippen molar-refractivity contribution in [1.82, 2.24) is 0 Å². The molecular weight excluding hydrogens is 185 g/mol. The van der Waals surface area contributed by atoms with Gasteiger partial charge in [0.25, 0.3) is 0 Å². The summed E-state index contributed by atoms with van der Waals surface area (Å²) >= 11 is 0. The molecule has 0 amide bonds. The van der Waals surface area contributed by atoms with Crippen LogP contribution in [0.3, 0.4) is 0 Å². The maximum atomic E-state index is 8.24. The largest absolute Gasteiger partial charge is 0.693 e. The van der Waals surface area contributed by atoms with E-state index in [4.69, 9.17) is 15.6 Å². The number of hydrogen-bond donors (Lipinski definition) is 2. The molecule has 0 bridgehead atoms. The monoisotopic (exact) mass is 197 g/mol. The fourth-order valence-electron chi connectivity index (χ4n) is 0.144. The predicted octanol–water partition coefficient (Wildman–Crippen LogP) is 0.886. The van der Waals surface area contributed by atoms with Crippen LogP contribution in [0, 0.1) is 6.92 Å². The van der Waals surface area contributed by atoms with Crippen LogP contribution < -0.4 is 5.73 Å². The van der Waals surface area contributed by atoms with Crippen LogP contribution in [0.1, 0.15) is 12.8 Å². The van der Waals surface area contributed by atoms with Crippen LogP contribution in [0.5, 0.6) is 0 Å². The molecule has 0 aliphatic heterocycles. The van der Waals surface area contributed by atoms with E-state index < -0.39 is 0 Å². The van der Waals surface area contributed by atoms with Crippen LogP contribution in [0.2, 0.25) is 0 Å². The normalized spacial score (nSPS) is 5.40. The maximum absolute atomic E-state index is 8.24. The Morgan fingerprint density at radius 1 is 1.60 bits per heavy atom. The van der Waals surface area contributed by atoms with Gasteiger partial charge in [0.2, 0.25) is 0 Å². The van der Waals surface area contributed by atoms with Gasteiger partial charge in [0.15, 0.2) is 0 Å². The summed E-state index contributed by atoms with van der Waals surface area (Å²) in [5, 5.41) is 6.76. The summed E-state index contributed by atoms with van der Waals surface area (Å²) in [4.78, 5) is 8.24. The van der Waals surface area contributed by atoms with Gasteiger partial charge in [-0.2, -0.15) is 6.42 Å². The Bertz CT molecular complexity index is 44.6. The molecule has 0 radical (unpaired) electrons. The molecule has 0 saturated heterocycles. The molecule has 0 unspecified atom stereocenters. The summed E-state index contributed by atoms with van der Waals surface area (Å²) in [5.41, 5.74) is 5.10. The topological polar surface area (TPSA) is 96.8 Å². The quantitative estimate of drug-likeness (QED) is 0.509. The summed E-state index contributed by atoms with van der Waals surface area (Å²) in [6, 6.07) is 0. The summed E-state index contributed by atoms with van der Waals surface area (Å²) in [7, 11) is 0. The van der Waals surface area contributed by atoms with E-state index in [1.807, 2.05) is 0 Å². The van der Waals surface area contributed by atoms with E-state index in [0.29, 0.717) is 6.47 Å². The van der Waals surface area contributed by atoms with Gasteiger partial charge in [-0.15, -0.1) is 0 Å². The minimum atomic E-state index is 0. The van der Waals surface area contributed by atoms with Gasteiger partial charge < -0.3 is 28.7 Å². The van der Waals surface area contributed by atoms with E-state index in [-0.39, 0.29) is 25.6 Å². The Balaban J connectivity index is -0.0000000326. The number of rotatable bonds is 2. The van der Waals surface area contributed by atoms with Gasteiger partial charge in [0.05, 0.1) is 0 Å². The summed E-state index contributed by atoms with van der Waals surface area (Å²) < 4.78 is 0. The molecule has 0 fully saturated rings. The number of nitrogens with two attached hydrogens (primary N) is 2. The van der Waals surface area contributed by atoms with E-state index >= 15 is 0 Å². The van der Waals surface area contributed by atoms with Gasteiger partial charge >= 0.3 is 0 Å². The van der Waals surface area contributed by atoms with Crippen molar-refractivity contribution in [3.05, 3.63) is 13.1 Å². The molecule has 0 aromatic rings. The Morgan fingerprint density at radius 3 is 1.90 bits per heavy atom. The van der Waals surface area contributed by atoms with Gasteiger partial charge in [-0.1, -0.05) is 12.9 Å². The van der Waals surface area contributed by atoms with E-state index in [1.165, 1.54) is 0 Å². The minimum Gasteiger partial charge on any atom is -0.693 e. The van der Waals surface area contributed by atoms with Crippen LogP contribution in [0.15, 0.2) is 0 Å². The van der Waals surface area contributed by atoms with Gasteiger partial charge in [-0.05, 0) is 6.54 Å². The first-order valence-corrected chi connectivity index (χ1v) is 2.34. The number of hydrogen-bond acceptors (Lipinski definition) is 2. The second kappa shape index (κ2) is 35.9. The molecule has 0 aliphatic carbocycles. The third-order valence-corrected chi connectivity index (χ3v) is 0.454. The fourth-order valence-corrected chi connectivity index (χ4v) is 0.144. The average molecular weight is 199 g/mol. The summed E-state index contributed by atoms with van der Waals surface area (Å²) in [6.07, 6.45) is 2.02. The van der Waals surface area contributed by atoms with Crippen LogP contribution in [0.4, 0.5) is 0 Å². The molecule has 0 atom stereocenters. The number of unbranched alkanes of at least 4 members (excludes halogenated alkanes) is 1. The second-order valence-electron chi connectivity index (χ2n) is 1.09. The smallest absolute Gasteiger partial charge is 0 e. The van der Waals surface area contributed by atoms with Crippen molar-refractivity contribution in [1.29, 1.82) is 0 Å². The first-order valence-electron chi connectivity index (χ1n) is 2.34. The van der Waals surface area contributed by atoms with Crippen molar-refractivity contribution in [2.24, 2.45) is 5.73 Å². The number of aliphatic hydroxyl groups excluding tert-OH is 1. The molecule has 60 valence electrons. The molecule has 0 heterocycles. The van der Waals surface area contributed by atoms with Crippen LogP contribution >= 0.6 is 0 Å². The third-order valence-electron chi connectivity index (χ3n) is 0.454. The first kappa shape index (κ1) is 22.5. The maximum Gasteiger partial charge on any atom is 0 e. The van der Waals surface area contributed by atoms with Crippen molar-refractivity contribution in [2.75, 3.05) is 6.54 Å². The van der Waals surface area contributed by atoms with Crippen molar-refractivity contribution in [3.63, 3.8) is 0 Å². The van der Waals surface area contributed by atoms with Gasteiger partial charge in [-0.3, -0.25) is 0 Å². The standard InChI is InChI=1S/C4H10N.CHO2.H2N.Zn/c1-2-3-4-5;2-1-3;;/h1-5H2;(H,2,3);1H2;/q3*-1;. The molecule has 0 aromatic carbocycles. The van der Waals surface area contributed by atoms with Crippen molar-refractivity contribution < 1.29 is 29.4 Å². The molecule has 5 N–H and O–H groups in total. The minimum absolute atomic E-state index is 0. The van der Waals surface area contributed by atoms with Crippen molar-refractivity contribution in [3.8, 4) is 0 Å². The molecule has 0 aliphatic rings. The predicted molar refractivity (Wildman–Crippen MR) is 37.3 cm³/mol. The van der Waals surface area contributed by atoms with Crippen LogP contribution in [-0.2, 0) is 24.3 Å². The molecule has 0 saturated carbocycles. The summed E-state index contributed by atoms with van der Waals surface area (Å²) in [5.74, 6) is 0. The van der Waals surface area contributed by atoms with E-state index in [1.54, 1.807) is 0 Å². The second-order valence-corrected chi connectivity index (χ2v) is 1.09.